The number of thioether (sulfide) groups is 2. The summed E-state index contributed by atoms with van der Waals surface area (Å²) in [5.74, 6) is 0. The van der Waals surface area contributed by atoms with E-state index in [1.165, 1.54) is 23.5 Å². The van der Waals surface area contributed by atoms with Crippen LogP contribution in [-0.4, -0.2) is 54.9 Å². The molecule has 0 bridgehead atoms. The van der Waals surface area contributed by atoms with E-state index < -0.39 is 0 Å². The van der Waals surface area contributed by atoms with Crippen LogP contribution < -0.4 is 0 Å². The number of carbonyl (C=O) groups excluding carboxylic acids is 2. The molecule has 0 unspecified atom stereocenters. The Kier molecular flexibility index (Phi) is 35.1. The molecule has 0 heterocycles. The molecule has 10 heteroatoms. The SMILES string of the molecule is CCCCN(CCCC)C(=S)SC(=O)CCCCCCCCC(=O)SC(=S)N(CCCC)CCCC.[Cu].[Cu]. The molecule has 0 aliphatic carbocycles. The summed E-state index contributed by atoms with van der Waals surface area (Å²) < 4.78 is 1.51. The van der Waals surface area contributed by atoms with Gasteiger partial charge >= 0.3 is 0 Å². The van der Waals surface area contributed by atoms with Gasteiger partial charge in [-0.25, -0.2) is 0 Å². The van der Waals surface area contributed by atoms with Crippen LogP contribution in [-0.2, 0) is 43.7 Å². The van der Waals surface area contributed by atoms with E-state index in [-0.39, 0.29) is 44.4 Å². The monoisotopic (exact) mass is 702 g/mol. The van der Waals surface area contributed by atoms with Crippen LogP contribution in [0.1, 0.15) is 130 Å². The van der Waals surface area contributed by atoms with Gasteiger partial charge in [0.1, 0.15) is 8.64 Å². The van der Waals surface area contributed by atoms with Crippen LogP contribution in [0.5, 0.6) is 0 Å². The van der Waals surface area contributed by atoms with Crippen LogP contribution in [0, 0.1) is 0 Å². The topological polar surface area (TPSA) is 40.6 Å². The maximum absolute atomic E-state index is 12.4. The number of hydrogen-bond acceptors (Lipinski definition) is 6. The third-order valence-corrected chi connectivity index (χ3v) is 8.80. The predicted octanol–water partition coefficient (Wildman–Crippen LogP) is 9.00. The summed E-state index contributed by atoms with van der Waals surface area (Å²) in [6.45, 7) is 12.6. The molecule has 2 radical (unpaired) electrons. The van der Waals surface area contributed by atoms with Crippen LogP contribution in [0.15, 0.2) is 0 Å². The van der Waals surface area contributed by atoms with Gasteiger partial charge < -0.3 is 9.80 Å². The molecular weight excluding hydrogens is 652 g/mol. The van der Waals surface area contributed by atoms with Crippen molar-refractivity contribution < 1.29 is 43.7 Å². The van der Waals surface area contributed by atoms with Gasteiger partial charge in [0.05, 0.1) is 0 Å². The summed E-state index contributed by atoms with van der Waals surface area (Å²) in [4.78, 5) is 29.2. The Balaban J connectivity index is -0.00000612. The molecule has 0 aliphatic rings. The van der Waals surface area contributed by atoms with E-state index in [0.717, 1.165) is 125 Å². The molecule has 0 spiro atoms. The third kappa shape index (κ3) is 24.6. The molecule has 232 valence electrons. The summed E-state index contributed by atoms with van der Waals surface area (Å²) >= 11 is 13.6. The Bertz CT molecular complexity index is 560. The molecule has 0 amide bonds. The van der Waals surface area contributed by atoms with Crippen LogP contribution in [0.4, 0.5) is 0 Å². The van der Waals surface area contributed by atoms with Gasteiger partial charge in [0, 0.05) is 73.2 Å². The second-order valence-corrected chi connectivity index (χ2v) is 12.9. The molecule has 4 nitrogen and oxygen atoms in total. The quantitative estimate of drug-likeness (QED) is 0.0667. The average molecular weight is 704 g/mol. The Morgan fingerprint density at radius 1 is 0.500 bits per heavy atom. The first-order valence-electron chi connectivity index (χ1n) is 14.4. The largest absolute Gasteiger partial charge is 0.357 e. The fourth-order valence-corrected chi connectivity index (χ4v) is 6.08. The van der Waals surface area contributed by atoms with Gasteiger partial charge in [-0.3, -0.25) is 9.59 Å². The zero-order chi connectivity index (χ0) is 27.0. The first-order valence-corrected chi connectivity index (χ1v) is 16.8. The van der Waals surface area contributed by atoms with Crippen molar-refractivity contribution >= 4 is 66.8 Å². The molecule has 0 rings (SSSR count). The molecule has 0 N–H and O–H groups in total. The zero-order valence-corrected chi connectivity index (χ0v) is 29.2. The summed E-state index contributed by atoms with van der Waals surface area (Å²) in [6.07, 6.45) is 16.4. The molecule has 0 aromatic carbocycles. The number of rotatable bonds is 21. The summed E-state index contributed by atoms with van der Waals surface area (Å²) in [7, 11) is 0. The molecular formula is C28H52Cu2N2O2S4. The van der Waals surface area contributed by atoms with Gasteiger partial charge in [-0.05, 0) is 62.0 Å². The van der Waals surface area contributed by atoms with Crippen molar-refractivity contribution in [1.82, 2.24) is 9.80 Å². The van der Waals surface area contributed by atoms with Crippen molar-refractivity contribution in [2.24, 2.45) is 0 Å². The molecule has 0 fully saturated rings. The fraction of sp³-hybridized carbons (Fsp3) is 0.857. The average Bonchev–Trinajstić information content (AvgIpc) is 2.85. The molecule has 0 aromatic rings. The van der Waals surface area contributed by atoms with Crippen molar-refractivity contribution in [3.05, 3.63) is 0 Å². The molecule has 0 saturated carbocycles. The normalized spacial score (nSPS) is 10.3. The minimum absolute atomic E-state index is 0. The standard InChI is InChI=1S/C28H52N2O2S4.2Cu/c1-5-9-21-29(22-10-6-2)27(33)35-25(31)19-17-15-13-14-16-18-20-26(32)36-28(34)30(23-11-7-3)24-12-8-4;;/h5-24H2,1-4H3;;. The second kappa shape index (κ2) is 30.8. The number of hydrogen-bond donors (Lipinski definition) is 0. The first-order chi connectivity index (χ1) is 17.4. The van der Waals surface area contributed by atoms with Gasteiger partial charge in [-0.1, -0.05) is 103 Å². The van der Waals surface area contributed by atoms with Gasteiger partial charge in [0.25, 0.3) is 0 Å². The van der Waals surface area contributed by atoms with Crippen molar-refractivity contribution in [1.29, 1.82) is 0 Å². The van der Waals surface area contributed by atoms with Gasteiger partial charge in [-0.15, -0.1) is 0 Å². The minimum atomic E-state index is 0. The van der Waals surface area contributed by atoms with Crippen LogP contribution in [0.2, 0.25) is 0 Å². The van der Waals surface area contributed by atoms with Crippen molar-refractivity contribution in [2.45, 2.75) is 130 Å². The smallest absolute Gasteiger partial charge is 0.195 e. The number of unbranched alkanes of at least 4 members (excludes halogenated alkanes) is 9. The van der Waals surface area contributed by atoms with E-state index in [9.17, 15) is 9.59 Å². The Morgan fingerprint density at radius 3 is 1.03 bits per heavy atom. The maximum Gasteiger partial charge on any atom is 0.195 e. The Hall–Kier alpha value is 0.859. The van der Waals surface area contributed by atoms with E-state index in [2.05, 4.69) is 37.5 Å². The number of nitrogens with zero attached hydrogens (tertiary/aromatic N) is 2. The molecule has 0 atom stereocenters. The zero-order valence-electron chi connectivity index (χ0n) is 24.1. The van der Waals surface area contributed by atoms with Gasteiger partial charge in [0.15, 0.2) is 10.2 Å². The number of thiocarbonyl (C=S) groups is 2. The predicted molar refractivity (Wildman–Crippen MR) is 170 cm³/mol. The van der Waals surface area contributed by atoms with Crippen LogP contribution >= 0.6 is 48.0 Å². The second-order valence-electron chi connectivity index (χ2n) is 9.49. The summed E-state index contributed by atoms with van der Waals surface area (Å²) in [5.41, 5.74) is 0. The summed E-state index contributed by atoms with van der Waals surface area (Å²) in [5, 5.41) is 0.395. The van der Waals surface area contributed by atoms with Gasteiger partial charge in [0.2, 0.25) is 0 Å². The number of carbonyl (C=O) groups is 2. The Labute approximate surface area is 275 Å². The van der Waals surface area contributed by atoms with Crippen molar-refractivity contribution in [3.8, 4) is 0 Å². The molecule has 0 aliphatic heterocycles. The summed E-state index contributed by atoms with van der Waals surface area (Å²) in [6, 6.07) is 0. The van der Waals surface area contributed by atoms with E-state index in [4.69, 9.17) is 24.4 Å². The third-order valence-electron chi connectivity index (χ3n) is 6.06. The molecule has 38 heavy (non-hydrogen) atoms. The molecule has 0 aromatic heterocycles. The van der Waals surface area contributed by atoms with E-state index in [0.29, 0.717) is 12.8 Å². The first kappa shape index (κ1) is 43.3. The van der Waals surface area contributed by atoms with Gasteiger partial charge in [-0.2, -0.15) is 0 Å². The van der Waals surface area contributed by atoms with Crippen molar-refractivity contribution in [3.63, 3.8) is 0 Å². The van der Waals surface area contributed by atoms with Crippen LogP contribution in [0.25, 0.3) is 0 Å². The minimum Gasteiger partial charge on any atom is -0.357 e. The molecule has 0 saturated heterocycles. The fourth-order valence-electron chi connectivity index (χ4n) is 3.66. The van der Waals surface area contributed by atoms with E-state index in [1.807, 2.05) is 0 Å². The van der Waals surface area contributed by atoms with Crippen LogP contribution in [0.3, 0.4) is 0 Å². The van der Waals surface area contributed by atoms with Crippen molar-refractivity contribution in [2.75, 3.05) is 26.2 Å². The van der Waals surface area contributed by atoms with E-state index in [1.54, 1.807) is 0 Å². The Morgan fingerprint density at radius 2 is 0.763 bits per heavy atom. The maximum atomic E-state index is 12.4. The van der Waals surface area contributed by atoms with E-state index >= 15 is 0 Å².